The van der Waals surface area contributed by atoms with Crippen LogP contribution in [0.2, 0.25) is 0 Å². The van der Waals surface area contributed by atoms with Gasteiger partial charge in [0.25, 0.3) is 0 Å². The molecule has 0 aliphatic rings. The molecule has 2 nitrogen and oxygen atoms in total. The van der Waals surface area contributed by atoms with E-state index in [2.05, 4.69) is 21.1 Å². The number of benzene rings is 1. The molecule has 0 saturated carbocycles. The van der Waals surface area contributed by atoms with Gasteiger partial charge in [0.2, 0.25) is 0 Å². The molecule has 2 rings (SSSR count). The van der Waals surface area contributed by atoms with Gasteiger partial charge in [0.15, 0.2) is 5.76 Å². The van der Waals surface area contributed by atoms with Crippen molar-refractivity contribution in [3.63, 3.8) is 0 Å². The molecular weight excluding hydrogens is 284 g/mol. The molecule has 0 aliphatic carbocycles. The smallest absolute Gasteiger partial charge is 0.170 e. The summed E-state index contributed by atoms with van der Waals surface area (Å²) in [5, 5.41) is 3.69. The van der Waals surface area contributed by atoms with Gasteiger partial charge in [-0.15, -0.1) is 11.6 Å². The van der Waals surface area contributed by atoms with Crippen LogP contribution in [0.25, 0.3) is 11.3 Å². The molecule has 1 aromatic carbocycles. The minimum absolute atomic E-state index is 0.252. The molecule has 0 fully saturated rings. The van der Waals surface area contributed by atoms with Crippen LogP contribution in [0.4, 0.5) is 4.39 Å². The van der Waals surface area contributed by atoms with Crippen LogP contribution in [0.3, 0.4) is 0 Å². The Morgan fingerprint density at radius 1 is 1.40 bits per heavy atom. The fourth-order valence-electron chi connectivity index (χ4n) is 1.19. The van der Waals surface area contributed by atoms with Gasteiger partial charge in [-0.05, 0) is 18.2 Å². The predicted octanol–water partition coefficient (Wildman–Crippen LogP) is 3.98. The van der Waals surface area contributed by atoms with Crippen molar-refractivity contribution in [3.8, 4) is 11.3 Å². The second-order valence-corrected chi connectivity index (χ2v) is 4.12. The molecule has 1 aromatic heterocycles. The molecule has 0 unspecified atom stereocenters. The Balaban J connectivity index is 2.44. The zero-order chi connectivity index (χ0) is 10.8. The number of aromatic nitrogens is 1. The Hall–Kier alpha value is -0.870. The first-order valence-electron chi connectivity index (χ1n) is 4.17. The summed E-state index contributed by atoms with van der Waals surface area (Å²) in [6.07, 6.45) is 0. The SMILES string of the molecule is Fc1cc(Br)ccc1-c1cc(CCl)no1. The largest absolute Gasteiger partial charge is 0.356 e. The quantitative estimate of drug-likeness (QED) is 0.782. The average Bonchev–Trinajstić information content (AvgIpc) is 2.66. The van der Waals surface area contributed by atoms with Gasteiger partial charge in [0, 0.05) is 10.5 Å². The molecule has 1 heterocycles. The third-order valence-electron chi connectivity index (χ3n) is 1.89. The second-order valence-electron chi connectivity index (χ2n) is 2.94. The van der Waals surface area contributed by atoms with Crippen LogP contribution in [0.15, 0.2) is 33.3 Å². The van der Waals surface area contributed by atoms with Gasteiger partial charge in [0.05, 0.1) is 17.1 Å². The third kappa shape index (κ3) is 2.21. The molecule has 5 heteroatoms. The maximum Gasteiger partial charge on any atom is 0.170 e. The van der Waals surface area contributed by atoms with Crippen molar-refractivity contribution in [1.29, 1.82) is 0 Å². The number of hydrogen-bond donors (Lipinski definition) is 0. The summed E-state index contributed by atoms with van der Waals surface area (Å²) in [7, 11) is 0. The fourth-order valence-corrected chi connectivity index (χ4v) is 1.65. The van der Waals surface area contributed by atoms with Gasteiger partial charge >= 0.3 is 0 Å². The van der Waals surface area contributed by atoms with Crippen LogP contribution in [0.1, 0.15) is 5.69 Å². The van der Waals surface area contributed by atoms with E-state index in [1.165, 1.54) is 6.07 Å². The Labute approximate surface area is 99.2 Å². The molecule has 15 heavy (non-hydrogen) atoms. The topological polar surface area (TPSA) is 26.0 Å². The normalized spacial score (nSPS) is 10.6. The number of nitrogens with zero attached hydrogens (tertiary/aromatic N) is 1. The molecule has 78 valence electrons. The Morgan fingerprint density at radius 2 is 2.20 bits per heavy atom. The minimum Gasteiger partial charge on any atom is -0.356 e. The molecular formula is C10H6BrClFNO. The maximum atomic E-state index is 13.5. The Bertz CT molecular complexity index is 486. The third-order valence-corrected chi connectivity index (χ3v) is 2.66. The lowest BCUT2D eigenvalue weighted by molar-refractivity contribution is 0.424. The predicted molar refractivity (Wildman–Crippen MR) is 59.2 cm³/mol. The van der Waals surface area contributed by atoms with Gasteiger partial charge in [-0.1, -0.05) is 21.1 Å². The molecule has 0 amide bonds. The number of halogens is 3. The van der Waals surface area contributed by atoms with E-state index in [9.17, 15) is 4.39 Å². The molecule has 0 atom stereocenters. The number of rotatable bonds is 2. The maximum absolute atomic E-state index is 13.5. The second kappa shape index (κ2) is 4.33. The van der Waals surface area contributed by atoms with Crippen molar-refractivity contribution in [2.45, 2.75) is 5.88 Å². The zero-order valence-corrected chi connectivity index (χ0v) is 9.85. The van der Waals surface area contributed by atoms with Gasteiger partial charge in [0.1, 0.15) is 5.82 Å². The van der Waals surface area contributed by atoms with Crippen LogP contribution < -0.4 is 0 Å². The van der Waals surface area contributed by atoms with Crippen LogP contribution in [0.5, 0.6) is 0 Å². The van der Waals surface area contributed by atoms with Crippen LogP contribution >= 0.6 is 27.5 Å². The van der Waals surface area contributed by atoms with E-state index in [1.807, 2.05) is 0 Å². The zero-order valence-electron chi connectivity index (χ0n) is 7.51. The average molecular weight is 291 g/mol. The highest BCUT2D eigenvalue weighted by Crippen LogP contribution is 2.26. The van der Waals surface area contributed by atoms with E-state index in [-0.39, 0.29) is 11.7 Å². The fraction of sp³-hybridized carbons (Fsp3) is 0.100. The Kier molecular flexibility index (Phi) is 3.07. The summed E-state index contributed by atoms with van der Waals surface area (Å²) in [6, 6.07) is 6.36. The van der Waals surface area contributed by atoms with Crippen molar-refractivity contribution in [2.24, 2.45) is 0 Å². The van der Waals surface area contributed by atoms with Crippen molar-refractivity contribution >= 4 is 27.5 Å². The Morgan fingerprint density at radius 3 is 2.80 bits per heavy atom. The summed E-state index contributed by atoms with van der Waals surface area (Å²) in [5.41, 5.74) is 0.969. The number of alkyl halides is 1. The highest BCUT2D eigenvalue weighted by Gasteiger charge is 2.10. The van der Waals surface area contributed by atoms with Gasteiger partial charge in [-0.3, -0.25) is 0 Å². The van der Waals surface area contributed by atoms with E-state index >= 15 is 0 Å². The first-order valence-corrected chi connectivity index (χ1v) is 5.50. The van der Waals surface area contributed by atoms with Crippen molar-refractivity contribution in [3.05, 3.63) is 40.2 Å². The lowest BCUT2D eigenvalue weighted by Gasteiger charge is -1.97. The van der Waals surface area contributed by atoms with E-state index in [1.54, 1.807) is 18.2 Å². The van der Waals surface area contributed by atoms with Gasteiger partial charge in [-0.2, -0.15) is 0 Å². The molecule has 0 bridgehead atoms. The first-order chi connectivity index (χ1) is 7.20. The van der Waals surface area contributed by atoms with E-state index in [0.717, 1.165) is 0 Å². The van der Waals surface area contributed by atoms with E-state index < -0.39 is 0 Å². The highest BCUT2D eigenvalue weighted by molar-refractivity contribution is 9.10. The molecule has 0 spiro atoms. The van der Waals surface area contributed by atoms with Crippen LogP contribution in [-0.2, 0) is 5.88 Å². The summed E-state index contributed by atoms with van der Waals surface area (Å²) < 4.78 is 19.2. The molecule has 0 N–H and O–H groups in total. The highest BCUT2D eigenvalue weighted by atomic mass is 79.9. The number of hydrogen-bond acceptors (Lipinski definition) is 2. The lowest BCUT2D eigenvalue weighted by atomic mass is 10.1. The van der Waals surface area contributed by atoms with Crippen molar-refractivity contribution in [2.75, 3.05) is 0 Å². The first kappa shape index (κ1) is 10.6. The summed E-state index contributed by atoms with van der Waals surface area (Å²) >= 11 is 8.75. The molecule has 2 aromatic rings. The summed E-state index contributed by atoms with van der Waals surface area (Å²) in [5.74, 6) is 0.277. The summed E-state index contributed by atoms with van der Waals surface area (Å²) in [6.45, 7) is 0. The van der Waals surface area contributed by atoms with E-state index in [4.69, 9.17) is 16.1 Å². The minimum atomic E-state index is -0.360. The van der Waals surface area contributed by atoms with E-state index in [0.29, 0.717) is 21.5 Å². The monoisotopic (exact) mass is 289 g/mol. The lowest BCUT2D eigenvalue weighted by Crippen LogP contribution is -1.81. The standard InChI is InChI=1S/C10H6BrClFNO/c11-6-1-2-8(9(13)3-6)10-4-7(5-12)14-15-10/h1-4H,5H2. The van der Waals surface area contributed by atoms with Gasteiger partial charge < -0.3 is 4.52 Å². The van der Waals surface area contributed by atoms with Crippen LogP contribution in [0, 0.1) is 5.82 Å². The molecule has 0 aliphatic heterocycles. The molecule has 0 saturated heterocycles. The van der Waals surface area contributed by atoms with Crippen molar-refractivity contribution < 1.29 is 8.91 Å². The van der Waals surface area contributed by atoms with Gasteiger partial charge in [-0.25, -0.2) is 4.39 Å². The molecule has 0 radical (unpaired) electrons. The van der Waals surface area contributed by atoms with Crippen molar-refractivity contribution in [1.82, 2.24) is 5.16 Å². The van der Waals surface area contributed by atoms with Crippen LogP contribution in [-0.4, -0.2) is 5.16 Å². The summed E-state index contributed by atoms with van der Waals surface area (Å²) in [4.78, 5) is 0.